The largest absolute Gasteiger partial charge is 0.338 e. The van der Waals surface area contributed by atoms with Crippen LogP contribution in [0.3, 0.4) is 0 Å². The number of rotatable bonds is 5. The minimum Gasteiger partial charge on any atom is -0.338 e. The molecule has 0 aromatic carbocycles. The fraction of sp³-hybridized carbons (Fsp3) is 0.933. The van der Waals surface area contributed by atoms with Gasteiger partial charge in [-0.25, -0.2) is 0 Å². The van der Waals surface area contributed by atoms with Crippen molar-refractivity contribution in [3.63, 3.8) is 0 Å². The minimum atomic E-state index is -0.00236. The smallest absolute Gasteiger partial charge is 0.227 e. The van der Waals surface area contributed by atoms with Gasteiger partial charge in [0, 0.05) is 25.7 Å². The monoisotopic (exact) mass is 269 g/mol. The number of carbonyl (C=O) groups excluding carboxylic acids is 1. The summed E-state index contributed by atoms with van der Waals surface area (Å²) in [7, 11) is 2.14. The molecule has 0 aliphatic carbocycles. The molecule has 4 heteroatoms. The second-order valence-electron chi connectivity index (χ2n) is 6.27. The lowest BCUT2D eigenvalue weighted by Crippen LogP contribution is -2.47. The van der Waals surface area contributed by atoms with Crippen molar-refractivity contribution in [2.75, 3.05) is 33.2 Å². The molecule has 0 bridgehead atoms. The summed E-state index contributed by atoms with van der Waals surface area (Å²) in [5.41, 5.74) is 5.82. The van der Waals surface area contributed by atoms with Gasteiger partial charge < -0.3 is 15.5 Å². The third-order valence-electron chi connectivity index (χ3n) is 4.05. The molecule has 1 fully saturated rings. The predicted molar refractivity (Wildman–Crippen MR) is 79.9 cm³/mol. The van der Waals surface area contributed by atoms with Crippen molar-refractivity contribution in [3.05, 3.63) is 0 Å². The molecule has 0 radical (unpaired) electrons. The first-order chi connectivity index (χ1) is 8.99. The fourth-order valence-electron chi connectivity index (χ4n) is 2.98. The molecule has 4 nitrogen and oxygen atoms in total. The molecule has 1 rings (SSSR count). The van der Waals surface area contributed by atoms with Crippen molar-refractivity contribution in [1.29, 1.82) is 0 Å². The minimum absolute atomic E-state index is 0.00236. The van der Waals surface area contributed by atoms with Gasteiger partial charge in [0.25, 0.3) is 0 Å². The van der Waals surface area contributed by atoms with Gasteiger partial charge in [-0.1, -0.05) is 20.8 Å². The van der Waals surface area contributed by atoms with Crippen LogP contribution >= 0.6 is 0 Å². The van der Waals surface area contributed by atoms with Crippen LogP contribution in [0.1, 0.15) is 40.0 Å². The lowest BCUT2D eigenvalue weighted by Gasteiger charge is -2.33. The maximum atomic E-state index is 12.7. The van der Waals surface area contributed by atoms with Crippen LogP contribution < -0.4 is 5.73 Å². The molecule has 2 atom stereocenters. The highest BCUT2D eigenvalue weighted by Gasteiger charge is 2.30. The maximum absolute atomic E-state index is 12.7. The average Bonchev–Trinajstić information content (AvgIpc) is 2.56. The van der Waals surface area contributed by atoms with Gasteiger partial charge in [0.2, 0.25) is 5.91 Å². The highest BCUT2D eigenvalue weighted by molar-refractivity contribution is 5.79. The fourth-order valence-corrected chi connectivity index (χ4v) is 2.98. The first-order valence-corrected chi connectivity index (χ1v) is 7.68. The molecule has 0 aromatic heterocycles. The average molecular weight is 269 g/mol. The molecular formula is C15H31N3O. The summed E-state index contributed by atoms with van der Waals surface area (Å²) in [4.78, 5) is 17.2. The van der Waals surface area contributed by atoms with E-state index in [0.29, 0.717) is 18.5 Å². The van der Waals surface area contributed by atoms with E-state index in [1.165, 1.54) is 0 Å². The number of nitrogens with zero attached hydrogens (tertiary/aromatic N) is 2. The molecular weight excluding hydrogens is 238 g/mol. The van der Waals surface area contributed by atoms with Crippen LogP contribution in [0.25, 0.3) is 0 Å². The Morgan fingerprint density at radius 1 is 1.37 bits per heavy atom. The van der Waals surface area contributed by atoms with Crippen molar-refractivity contribution in [2.45, 2.75) is 46.1 Å². The van der Waals surface area contributed by atoms with Gasteiger partial charge in [-0.05, 0) is 38.8 Å². The zero-order valence-electron chi connectivity index (χ0n) is 13.1. The van der Waals surface area contributed by atoms with Crippen LogP contribution in [0.2, 0.25) is 0 Å². The number of likely N-dealkylation sites (N-methyl/N-ethyl adjacent to an activating group) is 1. The molecule has 1 aliphatic heterocycles. The van der Waals surface area contributed by atoms with Crippen LogP contribution in [0.15, 0.2) is 0 Å². The van der Waals surface area contributed by atoms with E-state index in [1.54, 1.807) is 0 Å². The Labute approximate surface area is 118 Å². The summed E-state index contributed by atoms with van der Waals surface area (Å²) in [6.07, 6.45) is 2.99. The molecule has 112 valence electrons. The van der Waals surface area contributed by atoms with Crippen LogP contribution in [0.5, 0.6) is 0 Å². The standard InChI is InChI=1S/C15H31N3O/c1-5-14-11-17(4)7-6-8-18(14)15(19)13(10-16)9-12(2)3/h12-14H,5-11,16H2,1-4H3. The van der Waals surface area contributed by atoms with Gasteiger partial charge in [-0.15, -0.1) is 0 Å². The van der Waals surface area contributed by atoms with E-state index in [2.05, 4.69) is 37.6 Å². The topological polar surface area (TPSA) is 49.6 Å². The van der Waals surface area contributed by atoms with E-state index in [9.17, 15) is 4.79 Å². The van der Waals surface area contributed by atoms with Gasteiger partial charge in [0.15, 0.2) is 0 Å². The summed E-state index contributed by atoms with van der Waals surface area (Å²) in [6, 6.07) is 0.348. The molecule has 0 spiro atoms. The summed E-state index contributed by atoms with van der Waals surface area (Å²) in [5.74, 6) is 0.794. The van der Waals surface area contributed by atoms with Crippen molar-refractivity contribution < 1.29 is 4.79 Å². The van der Waals surface area contributed by atoms with E-state index in [-0.39, 0.29) is 11.8 Å². The van der Waals surface area contributed by atoms with Crippen molar-refractivity contribution in [3.8, 4) is 0 Å². The van der Waals surface area contributed by atoms with E-state index in [0.717, 1.165) is 38.9 Å². The molecule has 19 heavy (non-hydrogen) atoms. The molecule has 0 saturated carbocycles. The number of amides is 1. The van der Waals surface area contributed by atoms with Gasteiger partial charge in [-0.2, -0.15) is 0 Å². The quantitative estimate of drug-likeness (QED) is 0.824. The Morgan fingerprint density at radius 3 is 2.58 bits per heavy atom. The first kappa shape index (κ1) is 16.4. The summed E-state index contributed by atoms with van der Waals surface area (Å²) >= 11 is 0. The highest BCUT2D eigenvalue weighted by Crippen LogP contribution is 2.19. The Bertz CT molecular complexity index is 281. The van der Waals surface area contributed by atoms with Crippen LogP contribution in [-0.2, 0) is 4.79 Å². The number of hydrogen-bond donors (Lipinski definition) is 1. The zero-order valence-corrected chi connectivity index (χ0v) is 13.1. The highest BCUT2D eigenvalue weighted by atomic mass is 16.2. The van der Waals surface area contributed by atoms with Crippen LogP contribution in [-0.4, -0.2) is 55.0 Å². The molecule has 2 unspecified atom stereocenters. The van der Waals surface area contributed by atoms with Gasteiger partial charge in [-0.3, -0.25) is 4.79 Å². The summed E-state index contributed by atoms with van der Waals surface area (Å²) in [5, 5.41) is 0. The third kappa shape index (κ3) is 4.77. The summed E-state index contributed by atoms with van der Waals surface area (Å²) in [6.45, 7) is 9.91. The summed E-state index contributed by atoms with van der Waals surface area (Å²) < 4.78 is 0. The van der Waals surface area contributed by atoms with Gasteiger partial charge in [0.05, 0.1) is 5.92 Å². The predicted octanol–water partition coefficient (Wildman–Crippen LogP) is 1.55. The SMILES string of the molecule is CCC1CN(C)CCCN1C(=O)C(CN)CC(C)C. The van der Waals surface area contributed by atoms with Crippen molar-refractivity contribution in [2.24, 2.45) is 17.6 Å². The van der Waals surface area contributed by atoms with Crippen molar-refractivity contribution >= 4 is 5.91 Å². The Hall–Kier alpha value is -0.610. The number of carbonyl (C=O) groups is 1. The first-order valence-electron chi connectivity index (χ1n) is 7.68. The lowest BCUT2D eigenvalue weighted by atomic mass is 9.95. The van der Waals surface area contributed by atoms with E-state index in [4.69, 9.17) is 5.73 Å². The second-order valence-corrected chi connectivity index (χ2v) is 6.27. The van der Waals surface area contributed by atoms with Crippen LogP contribution in [0, 0.1) is 11.8 Å². The number of hydrogen-bond acceptors (Lipinski definition) is 3. The molecule has 1 heterocycles. The molecule has 1 saturated heterocycles. The lowest BCUT2D eigenvalue weighted by molar-refractivity contribution is -0.138. The maximum Gasteiger partial charge on any atom is 0.227 e. The zero-order chi connectivity index (χ0) is 14.4. The molecule has 0 aromatic rings. The Kier molecular flexibility index (Phi) is 6.80. The van der Waals surface area contributed by atoms with Gasteiger partial charge in [0.1, 0.15) is 0 Å². The van der Waals surface area contributed by atoms with Gasteiger partial charge >= 0.3 is 0 Å². The van der Waals surface area contributed by atoms with Crippen LogP contribution in [0.4, 0.5) is 0 Å². The van der Waals surface area contributed by atoms with Crippen molar-refractivity contribution in [1.82, 2.24) is 9.80 Å². The molecule has 1 aliphatic rings. The van der Waals surface area contributed by atoms with E-state index < -0.39 is 0 Å². The second kappa shape index (κ2) is 7.85. The Balaban J connectivity index is 2.75. The Morgan fingerprint density at radius 2 is 2.05 bits per heavy atom. The van der Waals surface area contributed by atoms with E-state index in [1.807, 2.05) is 0 Å². The normalized spacial score (nSPS) is 23.5. The molecule has 2 N–H and O–H groups in total. The van der Waals surface area contributed by atoms with E-state index >= 15 is 0 Å². The molecule has 1 amide bonds. The third-order valence-corrected chi connectivity index (χ3v) is 4.05. The number of nitrogens with two attached hydrogens (primary N) is 1.